The highest BCUT2D eigenvalue weighted by atomic mass is 32.2. The standard InChI is InChI=1S/C20H16N2O3S/c23-18(21-16-11-5-2-6-12-16)14-22-19(24)17(26-20(22)25)13-7-10-15-8-3-1-4-9-15/h1-13H,14H2,(H,21,23)/b10-7+,17-13-. The molecular formula is C20H16N2O3S. The van der Waals surface area contributed by atoms with Crippen LogP contribution in [-0.2, 0) is 9.59 Å². The number of nitrogens with zero attached hydrogens (tertiary/aromatic N) is 1. The van der Waals surface area contributed by atoms with Crippen molar-refractivity contribution in [1.29, 1.82) is 0 Å². The molecule has 0 spiro atoms. The number of allylic oxidation sites excluding steroid dienone is 2. The van der Waals surface area contributed by atoms with Gasteiger partial charge in [-0.2, -0.15) is 0 Å². The fourth-order valence-corrected chi connectivity index (χ4v) is 3.12. The highest BCUT2D eigenvalue weighted by Crippen LogP contribution is 2.30. The number of imide groups is 1. The van der Waals surface area contributed by atoms with Crippen molar-refractivity contribution in [3.05, 3.63) is 83.3 Å². The maximum Gasteiger partial charge on any atom is 0.294 e. The molecule has 5 nitrogen and oxygen atoms in total. The number of carbonyl (C=O) groups is 3. The van der Waals surface area contributed by atoms with E-state index in [0.717, 1.165) is 22.2 Å². The Bertz CT molecular complexity index is 876. The zero-order valence-electron chi connectivity index (χ0n) is 13.8. The summed E-state index contributed by atoms with van der Waals surface area (Å²) < 4.78 is 0. The van der Waals surface area contributed by atoms with Crippen molar-refractivity contribution in [2.45, 2.75) is 0 Å². The largest absolute Gasteiger partial charge is 0.325 e. The molecule has 1 aliphatic heterocycles. The van der Waals surface area contributed by atoms with E-state index in [1.807, 2.05) is 42.5 Å². The first-order chi connectivity index (χ1) is 12.6. The number of benzene rings is 2. The van der Waals surface area contributed by atoms with Gasteiger partial charge in [0.1, 0.15) is 6.54 Å². The zero-order valence-corrected chi connectivity index (χ0v) is 14.6. The number of carbonyl (C=O) groups excluding carboxylic acids is 3. The molecule has 6 heteroatoms. The van der Waals surface area contributed by atoms with Gasteiger partial charge < -0.3 is 5.32 Å². The van der Waals surface area contributed by atoms with Crippen LogP contribution < -0.4 is 5.32 Å². The van der Waals surface area contributed by atoms with Crippen molar-refractivity contribution in [1.82, 2.24) is 4.90 Å². The Balaban J connectivity index is 1.62. The average molecular weight is 364 g/mol. The number of nitrogens with one attached hydrogen (secondary N) is 1. The molecule has 0 aromatic heterocycles. The SMILES string of the molecule is O=C(CN1C(=O)S/C(=C\C=C\c2ccccc2)C1=O)Nc1ccccc1. The first-order valence-corrected chi connectivity index (χ1v) is 8.77. The predicted molar refractivity (Wildman–Crippen MR) is 103 cm³/mol. The Morgan fingerprint density at radius 3 is 2.35 bits per heavy atom. The van der Waals surface area contributed by atoms with Gasteiger partial charge in [0.15, 0.2) is 0 Å². The van der Waals surface area contributed by atoms with Crippen LogP contribution in [0, 0.1) is 0 Å². The highest BCUT2D eigenvalue weighted by molar-refractivity contribution is 8.18. The number of amides is 3. The molecule has 0 bridgehead atoms. The third-order valence-corrected chi connectivity index (χ3v) is 4.49. The van der Waals surface area contributed by atoms with E-state index in [1.165, 1.54) is 0 Å². The lowest BCUT2D eigenvalue weighted by Gasteiger charge is -2.12. The molecule has 1 aliphatic rings. The van der Waals surface area contributed by atoms with Crippen LogP contribution >= 0.6 is 11.8 Å². The summed E-state index contributed by atoms with van der Waals surface area (Å²) in [6.45, 7) is -0.306. The van der Waals surface area contributed by atoms with Crippen LogP contribution in [0.4, 0.5) is 10.5 Å². The normalized spacial score (nSPS) is 15.8. The van der Waals surface area contributed by atoms with E-state index in [2.05, 4.69) is 5.32 Å². The van der Waals surface area contributed by atoms with E-state index >= 15 is 0 Å². The van der Waals surface area contributed by atoms with Crippen LogP contribution in [-0.4, -0.2) is 28.5 Å². The van der Waals surface area contributed by atoms with E-state index in [9.17, 15) is 14.4 Å². The van der Waals surface area contributed by atoms with Gasteiger partial charge in [-0.15, -0.1) is 0 Å². The van der Waals surface area contributed by atoms with Crippen molar-refractivity contribution in [2.75, 3.05) is 11.9 Å². The van der Waals surface area contributed by atoms with Crippen LogP contribution in [0.5, 0.6) is 0 Å². The number of rotatable bonds is 5. The van der Waals surface area contributed by atoms with Crippen LogP contribution in [0.15, 0.2) is 77.7 Å². The summed E-state index contributed by atoms with van der Waals surface area (Å²) in [6, 6.07) is 18.5. The van der Waals surface area contributed by atoms with Crippen molar-refractivity contribution in [3.8, 4) is 0 Å². The van der Waals surface area contributed by atoms with Gasteiger partial charge in [0.05, 0.1) is 4.91 Å². The summed E-state index contributed by atoms with van der Waals surface area (Å²) in [4.78, 5) is 37.7. The van der Waals surface area contributed by atoms with Crippen LogP contribution in [0.2, 0.25) is 0 Å². The summed E-state index contributed by atoms with van der Waals surface area (Å²) in [5.41, 5.74) is 1.61. The average Bonchev–Trinajstić information content (AvgIpc) is 2.91. The summed E-state index contributed by atoms with van der Waals surface area (Å²) in [6.07, 6.45) is 5.15. The first kappa shape index (κ1) is 17.7. The van der Waals surface area contributed by atoms with Crippen molar-refractivity contribution >= 4 is 40.6 Å². The molecule has 0 radical (unpaired) electrons. The Kier molecular flexibility index (Phi) is 5.66. The lowest BCUT2D eigenvalue weighted by molar-refractivity contribution is -0.127. The summed E-state index contributed by atoms with van der Waals surface area (Å²) in [5.74, 6) is -0.875. The van der Waals surface area contributed by atoms with Gasteiger partial charge in [0, 0.05) is 5.69 Å². The zero-order chi connectivity index (χ0) is 18.4. The van der Waals surface area contributed by atoms with Crippen molar-refractivity contribution < 1.29 is 14.4 Å². The van der Waals surface area contributed by atoms with E-state index in [0.29, 0.717) is 10.6 Å². The highest BCUT2D eigenvalue weighted by Gasteiger charge is 2.35. The topological polar surface area (TPSA) is 66.5 Å². The predicted octanol–water partition coefficient (Wildman–Crippen LogP) is 3.92. The molecule has 0 saturated carbocycles. The molecule has 1 fully saturated rings. The monoisotopic (exact) mass is 364 g/mol. The molecule has 2 aromatic rings. The summed E-state index contributed by atoms with van der Waals surface area (Å²) in [7, 11) is 0. The van der Waals surface area contributed by atoms with Crippen molar-refractivity contribution in [2.24, 2.45) is 0 Å². The molecule has 0 atom stereocenters. The molecule has 3 amide bonds. The van der Waals surface area contributed by atoms with E-state index < -0.39 is 17.1 Å². The second kappa shape index (κ2) is 8.31. The first-order valence-electron chi connectivity index (χ1n) is 7.95. The second-order valence-corrected chi connectivity index (χ2v) is 6.47. The fraction of sp³-hybridized carbons (Fsp3) is 0.0500. The molecule has 2 aromatic carbocycles. The lowest BCUT2D eigenvalue weighted by Crippen LogP contribution is -2.36. The maximum absolute atomic E-state index is 12.3. The summed E-state index contributed by atoms with van der Waals surface area (Å²) in [5, 5.41) is 2.21. The molecule has 1 saturated heterocycles. The molecule has 0 aliphatic carbocycles. The third-order valence-electron chi connectivity index (χ3n) is 3.57. The maximum atomic E-state index is 12.3. The quantitative estimate of drug-likeness (QED) is 0.817. The fourth-order valence-electron chi connectivity index (χ4n) is 2.33. The number of hydrogen-bond donors (Lipinski definition) is 1. The minimum absolute atomic E-state index is 0.301. The van der Waals surface area contributed by atoms with E-state index in [4.69, 9.17) is 0 Å². The Hall–Kier alpha value is -3.12. The summed E-state index contributed by atoms with van der Waals surface area (Å²) >= 11 is 0.833. The number of anilines is 1. The van der Waals surface area contributed by atoms with E-state index in [1.54, 1.807) is 36.4 Å². The molecule has 26 heavy (non-hydrogen) atoms. The Morgan fingerprint density at radius 2 is 1.65 bits per heavy atom. The van der Waals surface area contributed by atoms with Gasteiger partial charge in [-0.3, -0.25) is 19.3 Å². The molecule has 1 heterocycles. The minimum atomic E-state index is -0.457. The van der Waals surface area contributed by atoms with Crippen LogP contribution in [0.3, 0.4) is 0 Å². The number of thioether (sulfide) groups is 1. The smallest absolute Gasteiger partial charge is 0.294 e. The minimum Gasteiger partial charge on any atom is -0.325 e. The third kappa shape index (κ3) is 4.49. The van der Waals surface area contributed by atoms with Gasteiger partial charge in [-0.05, 0) is 35.5 Å². The lowest BCUT2D eigenvalue weighted by atomic mass is 10.2. The van der Waals surface area contributed by atoms with Gasteiger partial charge in [-0.25, -0.2) is 0 Å². The molecule has 130 valence electrons. The molecular weight excluding hydrogens is 348 g/mol. The van der Waals surface area contributed by atoms with Gasteiger partial charge in [-0.1, -0.05) is 60.7 Å². The van der Waals surface area contributed by atoms with Crippen LogP contribution in [0.25, 0.3) is 6.08 Å². The number of hydrogen-bond acceptors (Lipinski definition) is 4. The van der Waals surface area contributed by atoms with Gasteiger partial charge in [0.25, 0.3) is 11.1 Å². The number of para-hydroxylation sites is 1. The van der Waals surface area contributed by atoms with E-state index in [-0.39, 0.29) is 6.54 Å². The molecule has 1 N–H and O–H groups in total. The van der Waals surface area contributed by atoms with Crippen molar-refractivity contribution in [3.63, 3.8) is 0 Å². The van der Waals surface area contributed by atoms with Crippen LogP contribution in [0.1, 0.15) is 5.56 Å². The Labute approximate surface area is 155 Å². The van der Waals surface area contributed by atoms with Gasteiger partial charge in [0.2, 0.25) is 5.91 Å². The second-order valence-electron chi connectivity index (χ2n) is 5.47. The Morgan fingerprint density at radius 1 is 1.00 bits per heavy atom. The molecule has 0 unspecified atom stereocenters. The molecule has 3 rings (SSSR count). The van der Waals surface area contributed by atoms with Gasteiger partial charge >= 0.3 is 0 Å².